The van der Waals surface area contributed by atoms with Crippen LogP contribution in [0.2, 0.25) is 0 Å². The number of likely N-dealkylation sites (tertiary alicyclic amines) is 2. The van der Waals surface area contributed by atoms with Gasteiger partial charge in [-0.2, -0.15) is 5.10 Å². The van der Waals surface area contributed by atoms with Crippen LogP contribution >= 0.6 is 0 Å². The van der Waals surface area contributed by atoms with Gasteiger partial charge in [-0.3, -0.25) is 14.8 Å². The van der Waals surface area contributed by atoms with E-state index in [2.05, 4.69) is 46.3 Å². The van der Waals surface area contributed by atoms with Crippen LogP contribution in [0.3, 0.4) is 0 Å². The fourth-order valence-electron chi connectivity index (χ4n) is 4.53. The molecule has 28 heavy (non-hydrogen) atoms. The number of aromatic nitrogens is 2. The van der Waals surface area contributed by atoms with Crippen LogP contribution in [0.5, 0.6) is 0 Å². The third-order valence-corrected chi connectivity index (χ3v) is 6.09. The van der Waals surface area contributed by atoms with Crippen molar-refractivity contribution in [2.24, 2.45) is 0 Å². The fourth-order valence-corrected chi connectivity index (χ4v) is 4.53. The number of rotatable bonds is 4. The lowest BCUT2D eigenvalue weighted by Crippen LogP contribution is -2.47. The standard InChI is InChI=1S/C22H30N4O2/c1-16-4-2-5-18(12-16)20-13-23-24-22(20)17-7-10-26(11-8-17)21(28)15-25-9-3-6-19(27)14-25/h2,4-5,12-13,17,19,27H,3,6-11,14-15H2,1H3,(H,23,24)/t19-/m0/s1. The van der Waals surface area contributed by atoms with E-state index in [-0.39, 0.29) is 12.0 Å². The van der Waals surface area contributed by atoms with Gasteiger partial charge in [0.1, 0.15) is 0 Å². The van der Waals surface area contributed by atoms with Crippen molar-refractivity contribution in [3.05, 3.63) is 41.7 Å². The van der Waals surface area contributed by atoms with Crippen molar-refractivity contribution >= 4 is 5.91 Å². The molecular weight excluding hydrogens is 352 g/mol. The van der Waals surface area contributed by atoms with E-state index in [1.807, 2.05) is 11.1 Å². The molecule has 1 aromatic heterocycles. The van der Waals surface area contributed by atoms with Crippen molar-refractivity contribution in [3.8, 4) is 11.1 Å². The van der Waals surface area contributed by atoms with Gasteiger partial charge in [0, 0.05) is 36.8 Å². The number of nitrogens with one attached hydrogen (secondary N) is 1. The molecule has 6 heteroatoms. The lowest BCUT2D eigenvalue weighted by molar-refractivity contribution is -0.134. The van der Waals surface area contributed by atoms with Gasteiger partial charge in [-0.25, -0.2) is 0 Å². The predicted octanol–water partition coefficient (Wildman–Crippen LogP) is 2.55. The molecule has 2 aliphatic heterocycles. The summed E-state index contributed by atoms with van der Waals surface area (Å²) in [6, 6.07) is 8.52. The number of carbonyl (C=O) groups is 1. The fraction of sp³-hybridized carbons (Fsp3) is 0.545. The third-order valence-electron chi connectivity index (χ3n) is 6.09. The van der Waals surface area contributed by atoms with Crippen LogP contribution in [0.1, 0.15) is 42.9 Å². The minimum absolute atomic E-state index is 0.191. The molecule has 150 valence electrons. The SMILES string of the molecule is Cc1cccc(-c2cn[nH]c2C2CCN(C(=O)CN3CCC[C@H](O)C3)CC2)c1. The first-order valence-electron chi connectivity index (χ1n) is 10.4. The van der Waals surface area contributed by atoms with E-state index in [0.29, 0.717) is 19.0 Å². The van der Waals surface area contributed by atoms with Crippen LogP contribution in [0, 0.1) is 6.92 Å². The monoisotopic (exact) mass is 382 g/mol. The molecule has 0 radical (unpaired) electrons. The molecule has 4 rings (SSSR count). The predicted molar refractivity (Wildman–Crippen MR) is 109 cm³/mol. The molecule has 0 saturated carbocycles. The van der Waals surface area contributed by atoms with E-state index in [4.69, 9.17) is 0 Å². The molecule has 0 unspecified atom stereocenters. The van der Waals surface area contributed by atoms with E-state index in [9.17, 15) is 9.90 Å². The highest BCUT2D eigenvalue weighted by atomic mass is 16.3. The van der Waals surface area contributed by atoms with E-state index in [1.54, 1.807) is 0 Å². The van der Waals surface area contributed by atoms with Gasteiger partial charge in [-0.05, 0) is 44.7 Å². The van der Waals surface area contributed by atoms with E-state index < -0.39 is 0 Å². The Balaban J connectivity index is 1.36. The number of β-amino-alcohol motifs (C(OH)–C–C–N with tert-alkyl or cyclic N) is 1. The molecule has 2 aliphatic rings. The largest absolute Gasteiger partial charge is 0.392 e. The molecule has 2 aromatic rings. The van der Waals surface area contributed by atoms with Crippen molar-refractivity contribution in [1.29, 1.82) is 0 Å². The summed E-state index contributed by atoms with van der Waals surface area (Å²) >= 11 is 0. The number of piperidine rings is 2. The zero-order valence-corrected chi connectivity index (χ0v) is 16.6. The Kier molecular flexibility index (Phi) is 5.78. The van der Waals surface area contributed by atoms with Crippen LogP contribution in [-0.4, -0.2) is 69.8 Å². The third kappa shape index (κ3) is 4.28. The Morgan fingerprint density at radius 1 is 1.25 bits per heavy atom. The molecule has 2 fully saturated rings. The van der Waals surface area contributed by atoms with Crippen LogP contribution < -0.4 is 0 Å². The van der Waals surface area contributed by atoms with Gasteiger partial charge >= 0.3 is 0 Å². The van der Waals surface area contributed by atoms with Crippen molar-refractivity contribution in [3.63, 3.8) is 0 Å². The number of aryl methyl sites for hydroxylation is 1. The topological polar surface area (TPSA) is 72.5 Å². The van der Waals surface area contributed by atoms with Crippen LogP contribution in [0.15, 0.2) is 30.5 Å². The molecule has 1 aromatic carbocycles. The Morgan fingerprint density at radius 3 is 2.82 bits per heavy atom. The summed E-state index contributed by atoms with van der Waals surface area (Å²) in [7, 11) is 0. The Hall–Kier alpha value is -2.18. The number of aromatic amines is 1. The summed E-state index contributed by atoms with van der Waals surface area (Å²) in [5.74, 6) is 0.593. The van der Waals surface area contributed by atoms with Crippen molar-refractivity contribution in [1.82, 2.24) is 20.0 Å². The number of aliphatic hydroxyl groups is 1. The minimum atomic E-state index is -0.285. The van der Waals surface area contributed by atoms with Crippen LogP contribution in [-0.2, 0) is 4.79 Å². The van der Waals surface area contributed by atoms with Gasteiger partial charge in [-0.1, -0.05) is 29.8 Å². The number of H-pyrrole nitrogens is 1. The maximum Gasteiger partial charge on any atom is 0.236 e. The number of nitrogens with zero attached hydrogens (tertiary/aromatic N) is 3. The highest BCUT2D eigenvalue weighted by Crippen LogP contribution is 2.34. The molecule has 0 spiro atoms. The second kappa shape index (κ2) is 8.45. The Morgan fingerprint density at radius 2 is 2.07 bits per heavy atom. The van der Waals surface area contributed by atoms with E-state index >= 15 is 0 Å². The summed E-state index contributed by atoms with van der Waals surface area (Å²) in [5.41, 5.74) is 4.81. The second-order valence-corrected chi connectivity index (χ2v) is 8.25. The summed E-state index contributed by atoms with van der Waals surface area (Å²) in [6.07, 6.45) is 5.36. The minimum Gasteiger partial charge on any atom is -0.392 e. The van der Waals surface area contributed by atoms with Crippen LogP contribution in [0.4, 0.5) is 0 Å². The molecule has 1 atom stereocenters. The van der Waals surface area contributed by atoms with Crippen molar-refractivity contribution in [2.75, 3.05) is 32.7 Å². The number of hydrogen-bond acceptors (Lipinski definition) is 4. The van der Waals surface area contributed by atoms with Gasteiger partial charge in [0.15, 0.2) is 0 Å². The lowest BCUT2D eigenvalue weighted by Gasteiger charge is -2.35. The molecule has 2 N–H and O–H groups in total. The quantitative estimate of drug-likeness (QED) is 0.852. The second-order valence-electron chi connectivity index (χ2n) is 8.25. The molecule has 3 heterocycles. The first-order valence-corrected chi connectivity index (χ1v) is 10.4. The first-order chi connectivity index (χ1) is 13.6. The summed E-state index contributed by atoms with van der Waals surface area (Å²) in [5, 5.41) is 17.3. The number of benzene rings is 1. The van der Waals surface area contributed by atoms with Gasteiger partial charge in [0.25, 0.3) is 0 Å². The average Bonchev–Trinajstić information content (AvgIpc) is 3.18. The Labute approximate surface area is 166 Å². The molecule has 1 amide bonds. The smallest absolute Gasteiger partial charge is 0.236 e. The maximum absolute atomic E-state index is 12.7. The van der Waals surface area contributed by atoms with E-state index in [0.717, 1.165) is 45.3 Å². The molecule has 0 aliphatic carbocycles. The van der Waals surface area contributed by atoms with Gasteiger partial charge in [0.05, 0.1) is 18.8 Å². The number of aliphatic hydroxyl groups excluding tert-OH is 1. The average molecular weight is 383 g/mol. The Bertz CT molecular complexity index is 810. The molecule has 2 saturated heterocycles. The molecule has 0 bridgehead atoms. The van der Waals surface area contributed by atoms with E-state index in [1.165, 1.54) is 22.4 Å². The summed E-state index contributed by atoms with van der Waals surface area (Å²) in [4.78, 5) is 16.8. The van der Waals surface area contributed by atoms with Gasteiger partial charge in [-0.15, -0.1) is 0 Å². The lowest BCUT2D eigenvalue weighted by atomic mass is 9.89. The van der Waals surface area contributed by atoms with Crippen LogP contribution in [0.25, 0.3) is 11.1 Å². The molecular formula is C22H30N4O2. The highest BCUT2D eigenvalue weighted by Gasteiger charge is 2.28. The number of hydrogen-bond donors (Lipinski definition) is 2. The van der Waals surface area contributed by atoms with Gasteiger partial charge in [0.2, 0.25) is 5.91 Å². The first kappa shape index (κ1) is 19.2. The summed E-state index contributed by atoms with van der Waals surface area (Å²) < 4.78 is 0. The number of amides is 1. The normalized spacial score (nSPS) is 21.8. The summed E-state index contributed by atoms with van der Waals surface area (Å²) in [6.45, 7) is 5.64. The van der Waals surface area contributed by atoms with Crippen molar-refractivity contribution in [2.45, 2.75) is 44.6 Å². The maximum atomic E-state index is 12.7. The van der Waals surface area contributed by atoms with Gasteiger partial charge < -0.3 is 10.0 Å². The number of carbonyl (C=O) groups excluding carboxylic acids is 1. The highest BCUT2D eigenvalue weighted by molar-refractivity contribution is 5.78. The zero-order chi connectivity index (χ0) is 19.5. The zero-order valence-electron chi connectivity index (χ0n) is 16.6. The molecule has 6 nitrogen and oxygen atoms in total. The van der Waals surface area contributed by atoms with Crippen molar-refractivity contribution < 1.29 is 9.90 Å².